The summed E-state index contributed by atoms with van der Waals surface area (Å²) in [4.78, 5) is 0. The summed E-state index contributed by atoms with van der Waals surface area (Å²) in [7, 11) is -2.48. The van der Waals surface area contributed by atoms with Gasteiger partial charge in [-0.1, -0.05) is 5.16 Å². The van der Waals surface area contributed by atoms with Crippen LogP contribution in [0.15, 0.2) is 32.5 Å². The molecule has 3 rings (SSSR count). The van der Waals surface area contributed by atoms with Gasteiger partial charge in [0.05, 0.1) is 17.6 Å². The van der Waals surface area contributed by atoms with Gasteiger partial charge in [-0.15, -0.1) is 0 Å². The highest BCUT2D eigenvalue weighted by Gasteiger charge is 2.43. The number of rotatable bonds is 7. The molecule has 1 aliphatic heterocycles. The lowest BCUT2D eigenvalue weighted by Gasteiger charge is -2.21. The number of nitrogens with one attached hydrogen (secondary N) is 3. The molecule has 0 aliphatic carbocycles. The third kappa shape index (κ3) is 4.85. The van der Waals surface area contributed by atoms with E-state index in [1.54, 1.807) is 0 Å². The van der Waals surface area contributed by atoms with Crippen LogP contribution < -0.4 is 15.4 Å². The summed E-state index contributed by atoms with van der Waals surface area (Å²) in [5.74, 6) is -0.688. The second kappa shape index (κ2) is 8.79. The summed E-state index contributed by atoms with van der Waals surface area (Å²) in [5.41, 5.74) is -1.54. The van der Waals surface area contributed by atoms with Gasteiger partial charge in [-0.2, -0.15) is 12.7 Å². The minimum Gasteiger partial charge on any atom is -0.409 e. The predicted octanol–water partition coefficient (Wildman–Crippen LogP) is 1.51. The van der Waals surface area contributed by atoms with E-state index < -0.39 is 21.7 Å². The standard InChI is InChI=1S/C15H18BrF2N7O4S/c1-19-30(27,28)25-5-4-15(18,8-25)7-20-13-12(23-29-24-13)14(22-26)21-9-2-3-11(17)10(16)6-9/h2-3,6,19,26H,4-5,7-8H2,1H3,(H,20,24)(H,21,22)/t15-/m1/s1. The maximum absolute atomic E-state index is 15.1. The number of benzene rings is 1. The Balaban J connectivity index is 1.69. The summed E-state index contributed by atoms with van der Waals surface area (Å²) < 4.78 is 60.1. The molecule has 0 spiro atoms. The molecule has 30 heavy (non-hydrogen) atoms. The van der Waals surface area contributed by atoms with Crippen LogP contribution >= 0.6 is 15.9 Å². The van der Waals surface area contributed by atoms with E-state index in [9.17, 15) is 18.0 Å². The molecule has 2 heterocycles. The van der Waals surface area contributed by atoms with Crippen LogP contribution in [0.2, 0.25) is 0 Å². The summed E-state index contributed by atoms with van der Waals surface area (Å²) in [5, 5.41) is 25.1. The van der Waals surface area contributed by atoms with E-state index in [4.69, 9.17) is 0 Å². The summed E-state index contributed by atoms with van der Waals surface area (Å²) in [6, 6.07) is 4.00. The molecule has 0 amide bonds. The minimum atomic E-state index is -3.73. The first-order valence-corrected chi connectivity index (χ1v) is 10.8. The molecular formula is C15H18BrF2N7O4S. The summed E-state index contributed by atoms with van der Waals surface area (Å²) >= 11 is 3.04. The van der Waals surface area contributed by atoms with Gasteiger partial charge in [-0.05, 0) is 50.9 Å². The predicted molar refractivity (Wildman–Crippen MR) is 107 cm³/mol. The molecule has 0 saturated carbocycles. The zero-order chi connectivity index (χ0) is 21.9. The lowest BCUT2D eigenvalue weighted by molar-refractivity contribution is 0.197. The van der Waals surface area contributed by atoms with Crippen molar-refractivity contribution in [3.63, 3.8) is 0 Å². The fourth-order valence-electron chi connectivity index (χ4n) is 2.82. The largest absolute Gasteiger partial charge is 0.409 e. The Morgan fingerprint density at radius 1 is 1.47 bits per heavy atom. The van der Waals surface area contributed by atoms with Crippen molar-refractivity contribution in [3.05, 3.63) is 34.2 Å². The van der Waals surface area contributed by atoms with Gasteiger partial charge in [-0.3, -0.25) is 0 Å². The van der Waals surface area contributed by atoms with Crippen LogP contribution in [-0.2, 0) is 10.2 Å². The Morgan fingerprint density at radius 3 is 2.90 bits per heavy atom. The smallest absolute Gasteiger partial charge is 0.279 e. The first-order valence-electron chi connectivity index (χ1n) is 8.56. The minimum absolute atomic E-state index is 0.0234. The molecule has 1 saturated heterocycles. The monoisotopic (exact) mass is 509 g/mol. The molecular weight excluding hydrogens is 492 g/mol. The van der Waals surface area contributed by atoms with E-state index in [1.165, 1.54) is 25.2 Å². The van der Waals surface area contributed by atoms with Gasteiger partial charge in [0.15, 0.2) is 5.69 Å². The molecule has 1 atom stereocenters. The van der Waals surface area contributed by atoms with Crippen LogP contribution in [0.25, 0.3) is 0 Å². The Morgan fingerprint density at radius 2 is 2.23 bits per heavy atom. The molecule has 2 aromatic rings. The SMILES string of the molecule is CNS(=O)(=O)N1CC[C@@](F)(CNc2nonc2/C(=N/O)Nc2ccc(F)c(Br)c2)C1. The van der Waals surface area contributed by atoms with E-state index in [-0.39, 0.29) is 47.9 Å². The van der Waals surface area contributed by atoms with E-state index in [2.05, 4.69) is 51.4 Å². The highest BCUT2D eigenvalue weighted by molar-refractivity contribution is 9.10. The lowest BCUT2D eigenvalue weighted by Crippen LogP contribution is -2.41. The maximum atomic E-state index is 15.1. The van der Waals surface area contributed by atoms with Gasteiger partial charge >= 0.3 is 0 Å². The van der Waals surface area contributed by atoms with Gasteiger partial charge in [0, 0.05) is 19.3 Å². The second-order valence-corrected chi connectivity index (χ2v) is 9.19. The van der Waals surface area contributed by atoms with Crippen molar-refractivity contribution in [2.45, 2.75) is 12.1 Å². The Kier molecular flexibility index (Phi) is 6.54. The Hall–Kier alpha value is -2.36. The summed E-state index contributed by atoms with van der Waals surface area (Å²) in [6.45, 7) is -0.604. The van der Waals surface area contributed by atoms with Crippen LogP contribution in [0.5, 0.6) is 0 Å². The van der Waals surface area contributed by atoms with Crippen LogP contribution in [-0.4, -0.2) is 66.4 Å². The Labute approximate surface area is 178 Å². The first kappa shape index (κ1) is 22.3. The van der Waals surface area contributed by atoms with E-state index in [0.717, 1.165) is 4.31 Å². The molecule has 1 aliphatic rings. The zero-order valence-electron chi connectivity index (χ0n) is 15.6. The van der Waals surface area contributed by atoms with Crippen LogP contribution in [0.4, 0.5) is 20.3 Å². The average Bonchev–Trinajstić information content (AvgIpc) is 3.35. The number of hydrogen-bond acceptors (Lipinski definition) is 8. The topological polar surface area (TPSA) is 145 Å². The lowest BCUT2D eigenvalue weighted by atomic mass is 10.1. The number of nitrogens with zero attached hydrogens (tertiary/aromatic N) is 4. The number of alkyl halides is 1. The molecule has 0 unspecified atom stereocenters. The molecule has 164 valence electrons. The highest BCUT2D eigenvalue weighted by Crippen LogP contribution is 2.28. The van der Waals surface area contributed by atoms with E-state index in [1.807, 2.05) is 0 Å². The molecule has 1 fully saturated rings. The van der Waals surface area contributed by atoms with Crippen LogP contribution in [0.1, 0.15) is 12.1 Å². The van der Waals surface area contributed by atoms with Crippen LogP contribution in [0, 0.1) is 5.82 Å². The summed E-state index contributed by atoms with van der Waals surface area (Å²) in [6.07, 6.45) is -0.0235. The van der Waals surface area contributed by atoms with Crippen LogP contribution in [0.3, 0.4) is 0 Å². The van der Waals surface area contributed by atoms with Crippen molar-refractivity contribution >= 4 is 43.5 Å². The van der Waals surface area contributed by atoms with Gasteiger partial charge in [0.1, 0.15) is 11.5 Å². The normalized spacial score (nSPS) is 20.5. The van der Waals surface area contributed by atoms with Gasteiger partial charge in [-0.25, -0.2) is 18.1 Å². The van der Waals surface area contributed by atoms with Gasteiger partial charge in [0.25, 0.3) is 10.2 Å². The third-order valence-electron chi connectivity index (χ3n) is 4.43. The number of anilines is 2. The average molecular weight is 510 g/mol. The first-order chi connectivity index (χ1) is 14.2. The molecule has 0 radical (unpaired) electrons. The van der Waals surface area contributed by atoms with Crippen molar-refractivity contribution in [3.8, 4) is 0 Å². The maximum Gasteiger partial charge on any atom is 0.279 e. The van der Waals surface area contributed by atoms with Gasteiger partial charge < -0.3 is 15.8 Å². The number of oxime groups is 1. The van der Waals surface area contributed by atoms with Crippen molar-refractivity contribution in [1.82, 2.24) is 19.3 Å². The molecule has 0 bridgehead atoms. The molecule has 4 N–H and O–H groups in total. The van der Waals surface area contributed by atoms with Crippen molar-refractivity contribution in [1.29, 1.82) is 0 Å². The third-order valence-corrected chi connectivity index (χ3v) is 6.55. The highest BCUT2D eigenvalue weighted by atomic mass is 79.9. The van der Waals surface area contributed by atoms with E-state index >= 15 is 4.39 Å². The van der Waals surface area contributed by atoms with Crippen molar-refractivity contribution in [2.24, 2.45) is 5.16 Å². The molecule has 1 aromatic heterocycles. The number of halogens is 3. The Bertz CT molecular complexity index is 1050. The quantitative estimate of drug-likeness (QED) is 0.190. The zero-order valence-corrected chi connectivity index (χ0v) is 18.0. The number of aromatic nitrogens is 2. The fraction of sp³-hybridized carbons (Fsp3) is 0.400. The molecule has 1 aromatic carbocycles. The van der Waals surface area contributed by atoms with Crippen molar-refractivity contribution < 1.29 is 27.0 Å². The number of amidine groups is 1. The molecule has 11 nitrogen and oxygen atoms in total. The van der Waals surface area contributed by atoms with Crippen molar-refractivity contribution in [2.75, 3.05) is 37.3 Å². The number of hydrogen-bond donors (Lipinski definition) is 4. The fourth-order valence-corrected chi connectivity index (χ4v) is 4.19. The second-order valence-electron chi connectivity index (χ2n) is 6.46. The molecule has 15 heteroatoms. The van der Waals surface area contributed by atoms with E-state index in [0.29, 0.717) is 5.69 Å². The van der Waals surface area contributed by atoms with Gasteiger partial charge in [0.2, 0.25) is 11.7 Å².